The van der Waals surface area contributed by atoms with Crippen molar-refractivity contribution in [3.05, 3.63) is 34.3 Å². The zero-order valence-corrected chi connectivity index (χ0v) is 11.9. The van der Waals surface area contributed by atoms with Crippen molar-refractivity contribution in [2.75, 3.05) is 6.54 Å². The number of hydrogen-bond donors (Lipinski definition) is 2. The highest BCUT2D eigenvalue weighted by Gasteiger charge is 2.08. The maximum atomic E-state index is 11.9. The summed E-state index contributed by atoms with van der Waals surface area (Å²) in [6, 6.07) is 5.29. The Kier molecular flexibility index (Phi) is 6.09. The lowest BCUT2D eigenvalue weighted by Gasteiger charge is -2.08. The molecule has 0 aromatic heterocycles. The molecule has 0 heterocycles. The Bertz CT molecular complexity index is 449. The third kappa shape index (κ3) is 5.02. The minimum Gasteiger partial charge on any atom is -0.393 e. The zero-order valence-electron chi connectivity index (χ0n) is 10.3. The summed E-state index contributed by atoms with van der Waals surface area (Å²) < 4.78 is 0. The number of aryl methyl sites for hydroxylation is 1. The fraction of sp³-hybridized carbons (Fsp3) is 0.385. The van der Waals surface area contributed by atoms with Crippen molar-refractivity contribution in [3.63, 3.8) is 0 Å². The van der Waals surface area contributed by atoms with E-state index >= 15 is 0 Å². The molecular formula is C13H17ClN2OS. The average molecular weight is 285 g/mol. The van der Waals surface area contributed by atoms with Gasteiger partial charge in [0.1, 0.15) is 0 Å². The van der Waals surface area contributed by atoms with Gasteiger partial charge in [-0.15, -0.1) is 0 Å². The molecule has 0 fully saturated rings. The lowest BCUT2D eigenvalue weighted by molar-refractivity contribution is 0.0952. The van der Waals surface area contributed by atoms with Crippen LogP contribution in [-0.2, 0) is 0 Å². The number of unbranched alkanes of at least 4 members (excludes halogenated alkanes) is 1. The second-order valence-corrected chi connectivity index (χ2v) is 5.10. The topological polar surface area (TPSA) is 55.1 Å². The standard InChI is InChI=1S/C13H17ClN2OS/c1-9-5-6-10(14)8-11(9)13(17)16-7-3-2-4-12(15)18/h5-6,8H,2-4,7H2,1H3,(H2,15,18)(H,16,17). The van der Waals surface area contributed by atoms with Crippen LogP contribution in [0, 0.1) is 6.92 Å². The van der Waals surface area contributed by atoms with Crippen molar-refractivity contribution >= 4 is 34.7 Å². The molecule has 0 radical (unpaired) electrons. The van der Waals surface area contributed by atoms with Crippen LogP contribution in [0.15, 0.2) is 18.2 Å². The largest absolute Gasteiger partial charge is 0.393 e. The van der Waals surface area contributed by atoms with E-state index in [-0.39, 0.29) is 5.91 Å². The van der Waals surface area contributed by atoms with Crippen molar-refractivity contribution in [1.82, 2.24) is 5.32 Å². The average Bonchev–Trinajstić information content (AvgIpc) is 2.31. The van der Waals surface area contributed by atoms with Crippen molar-refractivity contribution in [1.29, 1.82) is 0 Å². The molecule has 1 amide bonds. The molecule has 0 saturated carbocycles. The predicted octanol–water partition coefficient (Wildman–Crippen LogP) is 2.83. The molecule has 0 aliphatic carbocycles. The summed E-state index contributed by atoms with van der Waals surface area (Å²) in [7, 11) is 0. The first kappa shape index (κ1) is 14.9. The van der Waals surface area contributed by atoms with Gasteiger partial charge in [-0.3, -0.25) is 4.79 Å². The Morgan fingerprint density at radius 2 is 2.17 bits per heavy atom. The molecule has 1 aromatic rings. The maximum Gasteiger partial charge on any atom is 0.251 e. The second kappa shape index (κ2) is 7.34. The number of carbonyl (C=O) groups is 1. The van der Waals surface area contributed by atoms with Gasteiger partial charge in [0.2, 0.25) is 0 Å². The molecule has 0 bridgehead atoms. The van der Waals surface area contributed by atoms with Gasteiger partial charge in [0, 0.05) is 17.1 Å². The van der Waals surface area contributed by atoms with Gasteiger partial charge in [-0.2, -0.15) is 0 Å². The van der Waals surface area contributed by atoms with Crippen LogP contribution in [0.1, 0.15) is 35.2 Å². The van der Waals surface area contributed by atoms with E-state index in [0.717, 1.165) is 24.8 Å². The minimum atomic E-state index is -0.0923. The van der Waals surface area contributed by atoms with Crippen LogP contribution >= 0.6 is 23.8 Å². The van der Waals surface area contributed by atoms with Crippen LogP contribution in [0.2, 0.25) is 5.02 Å². The smallest absolute Gasteiger partial charge is 0.251 e. The fourth-order valence-electron chi connectivity index (χ4n) is 1.56. The van der Waals surface area contributed by atoms with Crippen LogP contribution in [0.3, 0.4) is 0 Å². The lowest BCUT2D eigenvalue weighted by Crippen LogP contribution is -2.25. The molecular weight excluding hydrogens is 268 g/mol. The Morgan fingerprint density at radius 1 is 1.44 bits per heavy atom. The van der Waals surface area contributed by atoms with Crippen LogP contribution < -0.4 is 11.1 Å². The summed E-state index contributed by atoms with van der Waals surface area (Å²) in [5.74, 6) is -0.0923. The molecule has 0 unspecified atom stereocenters. The van der Waals surface area contributed by atoms with Crippen LogP contribution in [0.4, 0.5) is 0 Å². The third-order valence-corrected chi connectivity index (χ3v) is 3.02. The Hall–Kier alpha value is -1.13. The van der Waals surface area contributed by atoms with Crippen LogP contribution in [-0.4, -0.2) is 17.4 Å². The van der Waals surface area contributed by atoms with Gasteiger partial charge in [-0.25, -0.2) is 0 Å². The molecule has 3 nitrogen and oxygen atoms in total. The summed E-state index contributed by atoms with van der Waals surface area (Å²) in [5, 5.41) is 3.43. The van der Waals surface area contributed by atoms with Crippen molar-refractivity contribution in [2.24, 2.45) is 5.73 Å². The van der Waals surface area contributed by atoms with E-state index in [1.807, 2.05) is 13.0 Å². The SMILES string of the molecule is Cc1ccc(Cl)cc1C(=O)NCCCCC(N)=S. The van der Waals surface area contributed by atoms with Gasteiger partial charge in [-0.05, 0) is 43.9 Å². The molecule has 0 aliphatic heterocycles. The summed E-state index contributed by atoms with van der Waals surface area (Å²) in [6.07, 6.45) is 2.48. The van der Waals surface area contributed by atoms with Gasteiger partial charge >= 0.3 is 0 Å². The number of nitrogens with one attached hydrogen (secondary N) is 1. The van der Waals surface area contributed by atoms with Crippen LogP contribution in [0.25, 0.3) is 0 Å². The molecule has 18 heavy (non-hydrogen) atoms. The molecule has 3 N–H and O–H groups in total. The normalized spacial score (nSPS) is 10.1. The summed E-state index contributed by atoms with van der Waals surface area (Å²) in [5.41, 5.74) is 6.93. The van der Waals surface area contributed by atoms with Gasteiger partial charge < -0.3 is 11.1 Å². The number of rotatable bonds is 6. The van der Waals surface area contributed by atoms with E-state index in [0.29, 0.717) is 22.1 Å². The number of hydrogen-bond acceptors (Lipinski definition) is 2. The molecule has 1 aromatic carbocycles. The Labute approximate surface area is 118 Å². The van der Waals surface area contributed by atoms with E-state index in [4.69, 9.17) is 29.6 Å². The van der Waals surface area contributed by atoms with Crippen molar-refractivity contribution < 1.29 is 4.79 Å². The highest BCUT2D eigenvalue weighted by atomic mass is 35.5. The number of halogens is 1. The number of carbonyl (C=O) groups excluding carboxylic acids is 1. The van der Waals surface area contributed by atoms with Gasteiger partial charge in [-0.1, -0.05) is 29.9 Å². The Morgan fingerprint density at radius 3 is 2.83 bits per heavy atom. The quantitative estimate of drug-likeness (QED) is 0.624. The first-order chi connectivity index (χ1) is 8.50. The number of amides is 1. The zero-order chi connectivity index (χ0) is 13.5. The molecule has 98 valence electrons. The van der Waals surface area contributed by atoms with E-state index in [9.17, 15) is 4.79 Å². The molecule has 1 rings (SSSR count). The maximum absolute atomic E-state index is 11.9. The monoisotopic (exact) mass is 284 g/mol. The van der Waals surface area contributed by atoms with Crippen molar-refractivity contribution in [2.45, 2.75) is 26.2 Å². The minimum absolute atomic E-state index is 0.0923. The number of nitrogens with two attached hydrogens (primary N) is 1. The first-order valence-corrected chi connectivity index (χ1v) is 6.62. The third-order valence-electron chi connectivity index (χ3n) is 2.58. The summed E-state index contributed by atoms with van der Waals surface area (Å²) in [6.45, 7) is 2.51. The van der Waals surface area contributed by atoms with E-state index < -0.39 is 0 Å². The van der Waals surface area contributed by atoms with Gasteiger partial charge in [0.05, 0.1) is 4.99 Å². The van der Waals surface area contributed by atoms with E-state index in [2.05, 4.69) is 5.32 Å². The van der Waals surface area contributed by atoms with Crippen molar-refractivity contribution in [3.8, 4) is 0 Å². The number of benzene rings is 1. The Balaban J connectivity index is 2.41. The fourth-order valence-corrected chi connectivity index (χ4v) is 1.88. The van der Waals surface area contributed by atoms with E-state index in [1.165, 1.54) is 0 Å². The van der Waals surface area contributed by atoms with E-state index in [1.54, 1.807) is 12.1 Å². The highest BCUT2D eigenvalue weighted by Crippen LogP contribution is 2.15. The summed E-state index contributed by atoms with van der Waals surface area (Å²) >= 11 is 10.7. The molecule has 5 heteroatoms. The summed E-state index contributed by atoms with van der Waals surface area (Å²) in [4.78, 5) is 12.4. The predicted molar refractivity (Wildman–Crippen MR) is 79.2 cm³/mol. The van der Waals surface area contributed by atoms with Gasteiger partial charge in [0.15, 0.2) is 0 Å². The lowest BCUT2D eigenvalue weighted by atomic mass is 10.1. The number of thiocarbonyl (C=S) groups is 1. The molecule has 0 saturated heterocycles. The highest BCUT2D eigenvalue weighted by molar-refractivity contribution is 7.80. The van der Waals surface area contributed by atoms with Crippen LogP contribution in [0.5, 0.6) is 0 Å². The molecule has 0 atom stereocenters. The first-order valence-electron chi connectivity index (χ1n) is 5.83. The second-order valence-electron chi connectivity index (χ2n) is 4.14. The molecule has 0 aliphatic rings. The molecule has 0 spiro atoms. The van der Waals surface area contributed by atoms with Gasteiger partial charge in [0.25, 0.3) is 5.91 Å².